The Bertz CT molecular complexity index is 625. The lowest BCUT2D eigenvalue weighted by atomic mass is 10.2. The molecule has 0 radical (unpaired) electrons. The Balaban J connectivity index is 2.24. The number of aryl methyl sites for hydroxylation is 1. The van der Waals surface area contributed by atoms with E-state index in [2.05, 4.69) is 26.2 Å². The molecule has 1 N–H and O–H groups in total. The van der Waals surface area contributed by atoms with E-state index in [1.54, 1.807) is 12.1 Å². The average molecular weight is 355 g/mol. The van der Waals surface area contributed by atoms with Gasteiger partial charge in [-0.2, -0.15) is 0 Å². The molecule has 1 aromatic carbocycles. The van der Waals surface area contributed by atoms with Crippen LogP contribution in [-0.4, -0.2) is 17.0 Å². The van der Waals surface area contributed by atoms with Crippen LogP contribution in [0.2, 0.25) is 0 Å². The standard InChI is InChI=1S/C14H15BrN2O2S/c1-8(2)19-12-6-10(15)4-5-11(12)13(18)17-14-16-9(3)7-20-14/h4-8H,1-3H3,(H,16,17,18). The summed E-state index contributed by atoms with van der Waals surface area (Å²) in [5.74, 6) is 0.336. The molecule has 4 nitrogen and oxygen atoms in total. The van der Waals surface area contributed by atoms with Crippen molar-refractivity contribution in [2.24, 2.45) is 0 Å². The number of rotatable bonds is 4. The molecule has 0 spiro atoms. The molecule has 0 saturated carbocycles. The van der Waals surface area contributed by atoms with Crippen molar-refractivity contribution < 1.29 is 9.53 Å². The van der Waals surface area contributed by atoms with Gasteiger partial charge in [-0.25, -0.2) is 4.98 Å². The molecule has 0 aliphatic heterocycles. The number of carbonyl (C=O) groups is 1. The fourth-order valence-electron chi connectivity index (χ4n) is 1.61. The highest BCUT2D eigenvalue weighted by molar-refractivity contribution is 9.10. The lowest BCUT2D eigenvalue weighted by Crippen LogP contribution is -2.15. The van der Waals surface area contributed by atoms with Crippen molar-refractivity contribution in [3.63, 3.8) is 0 Å². The lowest BCUT2D eigenvalue weighted by molar-refractivity contribution is 0.102. The Hall–Kier alpha value is -1.40. The summed E-state index contributed by atoms with van der Waals surface area (Å²) >= 11 is 4.79. The van der Waals surface area contributed by atoms with Gasteiger partial charge in [0.15, 0.2) is 5.13 Å². The van der Waals surface area contributed by atoms with Gasteiger partial charge < -0.3 is 4.74 Å². The van der Waals surface area contributed by atoms with Gasteiger partial charge in [0.2, 0.25) is 0 Å². The van der Waals surface area contributed by atoms with Crippen LogP contribution in [0.5, 0.6) is 5.75 Å². The molecule has 1 heterocycles. The van der Waals surface area contributed by atoms with Crippen molar-refractivity contribution in [1.82, 2.24) is 4.98 Å². The Kier molecular flexibility index (Phi) is 4.77. The molecule has 1 amide bonds. The number of thiazole rings is 1. The largest absolute Gasteiger partial charge is 0.490 e. The monoisotopic (exact) mass is 354 g/mol. The van der Waals surface area contributed by atoms with E-state index in [0.29, 0.717) is 16.4 Å². The molecule has 0 unspecified atom stereocenters. The fourth-order valence-corrected chi connectivity index (χ4v) is 2.63. The van der Waals surface area contributed by atoms with Gasteiger partial charge in [0.05, 0.1) is 17.4 Å². The van der Waals surface area contributed by atoms with E-state index in [0.717, 1.165) is 10.2 Å². The topological polar surface area (TPSA) is 51.2 Å². The van der Waals surface area contributed by atoms with Gasteiger partial charge in [0.25, 0.3) is 5.91 Å². The van der Waals surface area contributed by atoms with E-state index in [9.17, 15) is 4.79 Å². The van der Waals surface area contributed by atoms with Crippen LogP contribution < -0.4 is 10.1 Å². The van der Waals surface area contributed by atoms with Crippen LogP contribution in [-0.2, 0) is 0 Å². The van der Waals surface area contributed by atoms with Crippen LogP contribution in [0.3, 0.4) is 0 Å². The Morgan fingerprint density at radius 3 is 2.80 bits per heavy atom. The molecule has 2 aromatic rings. The van der Waals surface area contributed by atoms with Gasteiger partial charge in [-0.15, -0.1) is 11.3 Å². The molecular weight excluding hydrogens is 340 g/mol. The van der Waals surface area contributed by atoms with Crippen LogP contribution in [0, 0.1) is 6.92 Å². The number of amides is 1. The minimum atomic E-state index is -0.220. The van der Waals surface area contributed by atoms with E-state index in [1.165, 1.54) is 11.3 Å². The van der Waals surface area contributed by atoms with Gasteiger partial charge in [-0.05, 0) is 39.0 Å². The third-order valence-corrected chi connectivity index (χ3v) is 3.76. The first-order valence-corrected chi connectivity index (χ1v) is 7.82. The number of anilines is 1. The third-order valence-electron chi connectivity index (χ3n) is 2.39. The molecule has 0 saturated heterocycles. The zero-order chi connectivity index (χ0) is 14.7. The van der Waals surface area contributed by atoms with Crippen molar-refractivity contribution in [3.05, 3.63) is 39.3 Å². The van der Waals surface area contributed by atoms with E-state index in [-0.39, 0.29) is 12.0 Å². The number of nitrogens with one attached hydrogen (secondary N) is 1. The Morgan fingerprint density at radius 1 is 1.45 bits per heavy atom. The molecule has 2 rings (SSSR count). The molecule has 0 atom stereocenters. The fraction of sp³-hybridized carbons (Fsp3) is 0.286. The summed E-state index contributed by atoms with van der Waals surface area (Å²) in [6.07, 6.45) is -0.00189. The molecule has 0 aliphatic carbocycles. The van der Waals surface area contributed by atoms with Crippen molar-refractivity contribution in [1.29, 1.82) is 0 Å². The highest BCUT2D eigenvalue weighted by atomic mass is 79.9. The second-order valence-corrected chi connectivity index (χ2v) is 6.33. The van der Waals surface area contributed by atoms with Gasteiger partial charge in [0.1, 0.15) is 5.75 Å². The highest BCUT2D eigenvalue weighted by Crippen LogP contribution is 2.26. The summed E-state index contributed by atoms with van der Waals surface area (Å²) in [6.45, 7) is 5.73. The average Bonchev–Trinajstić information content (AvgIpc) is 2.73. The van der Waals surface area contributed by atoms with Crippen LogP contribution in [0.25, 0.3) is 0 Å². The maximum absolute atomic E-state index is 12.3. The Morgan fingerprint density at radius 2 is 2.20 bits per heavy atom. The number of hydrogen-bond acceptors (Lipinski definition) is 4. The number of halogens is 1. The third kappa shape index (κ3) is 3.80. The predicted molar refractivity (Wildman–Crippen MR) is 84.7 cm³/mol. The molecule has 106 valence electrons. The summed E-state index contributed by atoms with van der Waals surface area (Å²) in [4.78, 5) is 16.5. The van der Waals surface area contributed by atoms with Gasteiger partial charge in [-0.1, -0.05) is 15.9 Å². The number of aromatic nitrogens is 1. The van der Waals surface area contributed by atoms with E-state index in [4.69, 9.17) is 4.74 Å². The van der Waals surface area contributed by atoms with E-state index >= 15 is 0 Å². The summed E-state index contributed by atoms with van der Waals surface area (Å²) in [7, 11) is 0. The van der Waals surface area contributed by atoms with E-state index in [1.807, 2.05) is 32.2 Å². The van der Waals surface area contributed by atoms with Crippen molar-refractivity contribution in [2.45, 2.75) is 26.9 Å². The molecule has 0 fully saturated rings. The normalized spacial score (nSPS) is 10.7. The van der Waals surface area contributed by atoms with Crippen LogP contribution >= 0.6 is 27.3 Å². The lowest BCUT2D eigenvalue weighted by Gasteiger charge is -2.14. The zero-order valence-electron chi connectivity index (χ0n) is 11.4. The highest BCUT2D eigenvalue weighted by Gasteiger charge is 2.15. The number of hydrogen-bond donors (Lipinski definition) is 1. The van der Waals surface area contributed by atoms with Crippen LogP contribution in [0.1, 0.15) is 29.9 Å². The minimum Gasteiger partial charge on any atom is -0.490 e. The SMILES string of the molecule is Cc1csc(NC(=O)c2ccc(Br)cc2OC(C)C)n1. The second kappa shape index (κ2) is 6.37. The zero-order valence-corrected chi connectivity index (χ0v) is 13.8. The summed E-state index contributed by atoms with van der Waals surface area (Å²) in [5, 5.41) is 5.27. The minimum absolute atomic E-state index is 0.00189. The van der Waals surface area contributed by atoms with E-state index < -0.39 is 0 Å². The first-order valence-electron chi connectivity index (χ1n) is 6.15. The Labute approximate surface area is 130 Å². The van der Waals surface area contributed by atoms with Crippen LogP contribution in [0.15, 0.2) is 28.1 Å². The quantitative estimate of drug-likeness (QED) is 0.892. The van der Waals surface area contributed by atoms with Crippen LogP contribution in [0.4, 0.5) is 5.13 Å². The number of benzene rings is 1. The first kappa shape index (κ1) is 15.0. The smallest absolute Gasteiger partial charge is 0.261 e. The number of nitrogens with zero attached hydrogens (tertiary/aromatic N) is 1. The van der Waals surface area contributed by atoms with Gasteiger partial charge in [0, 0.05) is 9.85 Å². The van der Waals surface area contributed by atoms with Crippen molar-refractivity contribution in [3.8, 4) is 5.75 Å². The predicted octanol–water partition coefficient (Wildman–Crippen LogP) is 4.25. The molecule has 0 aliphatic rings. The maximum atomic E-state index is 12.3. The molecule has 20 heavy (non-hydrogen) atoms. The number of ether oxygens (including phenoxy) is 1. The summed E-state index contributed by atoms with van der Waals surface area (Å²) < 4.78 is 6.55. The molecule has 6 heteroatoms. The summed E-state index contributed by atoms with van der Waals surface area (Å²) in [5.41, 5.74) is 1.38. The molecular formula is C14H15BrN2O2S. The van der Waals surface area contributed by atoms with Gasteiger partial charge >= 0.3 is 0 Å². The molecule has 1 aromatic heterocycles. The van der Waals surface area contributed by atoms with Crippen molar-refractivity contribution in [2.75, 3.05) is 5.32 Å². The van der Waals surface area contributed by atoms with Crippen molar-refractivity contribution >= 4 is 38.3 Å². The second-order valence-electron chi connectivity index (χ2n) is 4.56. The summed E-state index contributed by atoms with van der Waals surface area (Å²) in [6, 6.07) is 5.34. The first-order chi connectivity index (χ1) is 9.45. The number of carbonyl (C=O) groups excluding carboxylic acids is 1. The van der Waals surface area contributed by atoms with Gasteiger partial charge in [-0.3, -0.25) is 10.1 Å². The maximum Gasteiger partial charge on any atom is 0.261 e. The molecule has 0 bridgehead atoms.